The molecular weight excluding hydrogens is 377 g/mol. The van der Waals surface area contributed by atoms with E-state index in [1.165, 1.54) is 49.4 Å². The van der Waals surface area contributed by atoms with Crippen molar-refractivity contribution in [3.8, 4) is 17.2 Å². The maximum atomic E-state index is 6.67. The van der Waals surface area contributed by atoms with Crippen LogP contribution in [0.15, 0.2) is 78.9 Å². The Kier molecular flexibility index (Phi) is 3.12. The van der Waals surface area contributed by atoms with Crippen molar-refractivity contribution in [3.05, 3.63) is 84.4 Å². The molecule has 0 bridgehead atoms. The Labute approximate surface area is 182 Å². The average Bonchev–Trinajstić information content (AvgIpc) is 3.11. The number of fused-ring (bicyclic) bond motifs is 7. The normalized spacial score (nSPS) is 13.8. The molecule has 0 saturated carbocycles. The molecule has 0 spiro atoms. The van der Waals surface area contributed by atoms with Gasteiger partial charge in [0.25, 0.3) is 6.71 Å². The molecule has 31 heavy (non-hydrogen) atoms. The van der Waals surface area contributed by atoms with Gasteiger partial charge in [-0.1, -0.05) is 81.4 Å². The Morgan fingerprint density at radius 2 is 1.48 bits per heavy atom. The molecule has 0 atom stereocenters. The molecule has 0 aliphatic carbocycles. The van der Waals surface area contributed by atoms with E-state index in [0.717, 1.165) is 11.5 Å². The molecule has 148 valence electrons. The van der Waals surface area contributed by atoms with Gasteiger partial charge in [0.1, 0.15) is 11.5 Å². The van der Waals surface area contributed by atoms with E-state index in [1.54, 1.807) is 0 Å². The lowest BCUT2D eigenvalue weighted by molar-refractivity contribution is 0.459. The fraction of sp³-hybridized carbons (Fsp3) is 0.143. The van der Waals surface area contributed by atoms with Crippen LogP contribution >= 0.6 is 0 Å². The summed E-state index contributed by atoms with van der Waals surface area (Å²) in [6, 6.07) is 28.7. The topological polar surface area (TPSA) is 14.2 Å². The minimum absolute atomic E-state index is 0.00770. The lowest BCUT2D eigenvalue weighted by atomic mass is 9.34. The highest BCUT2D eigenvalue weighted by atomic mass is 16.5. The van der Waals surface area contributed by atoms with Crippen LogP contribution in [-0.2, 0) is 5.41 Å². The first-order valence-corrected chi connectivity index (χ1v) is 11.0. The molecule has 2 aliphatic heterocycles. The Morgan fingerprint density at radius 3 is 2.35 bits per heavy atom. The third-order valence-electron chi connectivity index (χ3n) is 6.99. The molecule has 2 aliphatic rings. The van der Waals surface area contributed by atoms with E-state index in [-0.39, 0.29) is 12.1 Å². The molecule has 0 radical (unpaired) electrons. The standard InChI is InChI=1S/C28H22BNO/c1-28(2,3)19-15-16-23-25-27(19)31-24-14-7-5-11-20(24)29(25)21-12-8-10-18-17-9-4-6-13-22(17)30(23)26(18)21/h4-16H,1-3H3. The lowest BCUT2D eigenvalue weighted by Crippen LogP contribution is -2.58. The fourth-order valence-corrected chi connectivity index (χ4v) is 5.69. The molecule has 4 aromatic carbocycles. The average molecular weight is 399 g/mol. The highest BCUT2D eigenvalue weighted by molar-refractivity contribution is 6.99. The van der Waals surface area contributed by atoms with E-state index >= 15 is 0 Å². The number of para-hydroxylation sites is 3. The number of hydrogen-bond donors (Lipinski definition) is 0. The van der Waals surface area contributed by atoms with Crippen molar-refractivity contribution in [2.45, 2.75) is 26.2 Å². The molecule has 1 aromatic heterocycles. The van der Waals surface area contributed by atoms with Crippen LogP contribution in [-0.4, -0.2) is 11.3 Å². The van der Waals surface area contributed by atoms with E-state index in [0.29, 0.717) is 0 Å². The molecule has 3 heterocycles. The molecule has 7 rings (SSSR count). The summed E-state index contributed by atoms with van der Waals surface area (Å²) in [6.45, 7) is 6.98. The van der Waals surface area contributed by atoms with E-state index in [9.17, 15) is 0 Å². The quantitative estimate of drug-likeness (QED) is 0.327. The third kappa shape index (κ3) is 2.09. The smallest absolute Gasteiger partial charge is 0.256 e. The Bertz CT molecular complexity index is 1550. The van der Waals surface area contributed by atoms with Crippen LogP contribution in [0.25, 0.3) is 27.5 Å². The summed E-state index contributed by atoms with van der Waals surface area (Å²) in [5.74, 6) is 2.01. The van der Waals surface area contributed by atoms with E-state index in [1.807, 2.05) is 0 Å². The molecule has 3 heteroatoms. The fourth-order valence-electron chi connectivity index (χ4n) is 5.69. The molecule has 5 aromatic rings. The zero-order valence-electron chi connectivity index (χ0n) is 17.9. The van der Waals surface area contributed by atoms with Gasteiger partial charge in [0.05, 0.1) is 5.52 Å². The zero-order chi connectivity index (χ0) is 20.9. The number of benzene rings is 4. The summed E-state index contributed by atoms with van der Waals surface area (Å²) in [5, 5.41) is 2.63. The van der Waals surface area contributed by atoms with Gasteiger partial charge in [0.15, 0.2) is 0 Å². The van der Waals surface area contributed by atoms with Crippen molar-refractivity contribution in [1.82, 2.24) is 4.57 Å². The number of hydrogen-bond acceptors (Lipinski definition) is 1. The zero-order valence-corrected chi connectivity index (χ0v) is 17.9. The minimum atomic E-state index is -0.00770. The third-order valence-corrected chi connectivity index (χ3v) is 6.99. The highest BCUT2D eigenvalue weighted by Gasteiger charge is 2.41. The highest BCUT2D eigenvalue weighted by Crippen LogP contribution is 2.41. The Hall–Kier alpha value is -3.46. The predicted octanol–water partition coefficient (Wildman–Crippen LogP) is 5.02. The molecule has 2 nitrogen and oxygen atoms in total. The summed E-state index contributed by atoms with van der Waals surface area (Å²) in [6.07, 6.45) is 0. The monoisotopic (exact) mass is 399 g/mol. The van der Waals surface area contributed by atoms with E-state index in [2.05, 4.69) is 104 Å². The SMILES string of the molecule is CC(C)(C)c1ccc2c3c1Oc1ccccc1B3c1cccc3c4ccccc4n-2c13. The maximum absolute atomic E-state index is 6.67. The number of rotatable bonds is 0. The minimum Gasteiger partial charge on any atom is -0.458 e. The van der Waals surface area contributed by atoms with Gasteiger partial charge >= 0.3 is 0 Å². The first-order chi connectivity index (χ1) is 15.0. The predicted molar refractivity (Wildman–Crippen MR) is 131 cm³/mol. The summed E-state index contributed by atoms with van der Waals surface area (Å²) in [7, 11) is 0. The molecule has 0 amide bonds. The molecule has 0 fully saturated rings. The second-order valence-corrected chi connectivity index (χ2v) is 9.79. The molecule has 0 saturated heterocycles. The van der Waals surface area contributed by atoms with Crippen molar-refractivity contribution < 1.29 is 4.74 Å². The summed E-state index contributed by atoms with van der Waals surface area (Å²) in [5.41, 5.74) is 9.00. The second kappa shape index (κ2) is 5.61. The van der Waals surface area contributed by atoms with Crippen LogP contribution in [0.5, 0.6) is 11.5 Å². The van der Waals surface area contributed by atoms with Gasteiger partial charge in [-0.15, -0.1) is 0 Å². The summed E-state index contributed by atoms with van der Waals surface area (Å²) in [4.78, 5) is 0. The molecule has 0 unspecified atom stereocenters. The van der Waals surface area contributed by atoms with Crippen LogP contribution in [0, 0.1) is 0 Å². The van der Waals surface area contributed by atoms with Crippen molar-refractivity contribution in [2.75, 3.05) is 0 Å². The van der Waals surface area contributed by atoms with Crippen molar-refractivity contribution in [1.29, 1.82) is 0 Å². The van der Waals surface area contributed by atoms with Crippen LogP contribution in [0.2, 0.25) is 0 Å². The largest absolute Gasteiger partial charge is 0.458 e. The van der Waals surface area contributed by atoms with E-state index in [4.69, 9.17) is 4.74 Å². The first kappa shape index (κ1) is 17.2. The van der Waals surface area contributed by atoms with Crippen LogP contribution < -0.4 is 21.1 Å². The summed E-state index contributed by atoms with van der Waals surface area (Å²) < 4.78 is 9.13. The van der Waals surface area contributed by atoms with Gasteiger partial charge < -0.3 is 9.30 Å². The van der Waals surface area contributed by atoms with Gasteiger partial charge in [0, 0.05) is 22.0 Å². The summed E-state index contributed by atoms with van der Waals surface area (Å²) >= 11 is 0. The second-order valence-electron chi connectivity index (χ2n) is 9.79. The van der Waals surface area contributed by atoms with Gasteiger partial charge in [-0.05, 0) is 45.6 Å². The molecule has 0 N–H and O–H groups in total. The van der Waals surface area contributed by atoms with Gasteiger partial charge in [-0.25, -0.2) is 0 Å². The Balaban J connectivity index is 1.73. The number of aromatic nitrogens is 1. The van der Waals surface area contributed by atoms with E-state index < -0.39 is 0 Å². The van der Waals surface area contributed by atoms with Gasteiger partial charge in [-0.3, -0.25) is 0 Å². The van der Waals surface area contributed by atoms with Gasteiger partial charge in [-0.2, -0.15) is 0 Å². The van der Waals surface area contributed by atoms with Crippen molar-refractivity contribution >= 4 is 44.9 Å². The van der Waals surface area contributed by atoms with Crippen LogP contribution in [0.1, 0.15) is 26.3 Å². The van der Waals surface area contributed by atoms with Crippen molar-refractivity contribution in [3.63, 3.8) is 0 Å². The molecular formula is C28H22BNO. The van der Waals surface area contributed by atoms with Crippen molar-refractivity contribution in [2.24, 2.45) is 0 Å². The van der Waals surface area contributed by atoms with Gasteiger partial charge in [0.2, 0.25) is 0 Å². The Morgan fingerprint density at radius 1 is 0.742 bits per heavy atom. The van der Waals surface area contributed by atoms with Crippen LogP contribution in [0.3, 0.4) is 0 Å². The number of ether oxygens (including phenoxy) is 1. The lowest BCUT2D eigenvalue weighted by Gasteiger charge is -2.36. The number of nitrogens with zero attached hydrogens (tertiary/aromatic N) is 1. The maximum Gasteiger partial charge on any atom is 0.256 e. The first-order valence-electron chi connectivity index (χ1n) is 11.0. The van der Waals surface area contributed by atoms with Crippen LogP contribution in [0.4, 0.5) is 0 Å².